The predicted molar refractivity (Wildman–Crippen MR) is 137 cm³/mol. The van der Waals surface area contributed by atoms with Crippen LogP contribution in [-0.4, -0.2) is 61.0 Å². The zero-order valence-electron chi connectivity index (χ0n) is 20.7. The fraction of sp³-hybridized carbons (Fsp3) is 0.519. The van der Waals surface area contributed by atoms with Gasteiger partial charge in [0.2, 0.25) is 5.91 Å². The van der Waals surface area contributed by atoms with Crippen molar-refractivity contribution < 1.29 is 9.18 Å². The van der Waals surface area contributed by atoms with E-state index in [1.54, 1.807) is 12.1 Å². The molecule has 2 fully saturated rings. The molecule has 0 spiro atoms. The minimum Gasteiger partial charge on any atom is -0.359 e. The van der Waals surface area contributed by atoms with E-state index in [-0.39, 0.29) is 17.8 Å². The number of nitrogens with zero attached hydrogens (tertiary/aromatic N) is 3. The van der Waals surface area contributed by atoms with E-state index in [1.165, 1.54) is 11.6 Å². The summed E-state index contributed by atoms with van der Waals surface area (Å²) in [5.74, 6) is -0.212. The summed E-state index contributed by atoms with van der Waals surface area (Å²) in [6.45, 7) is 13.7. The molecule has 0 radical (unpaired) electrons. The fourth-order valence-electron chi connectivity index (χ4n) is 4.99. The van der Waals surface area contributed by atoms with Crippen LogP contribution in [0.25, 0.3) is 0 Å². The molecule has 184 valence electrons. The lowest BCUT2D eigenvalue weighted by Gasteiger charge is -2.44. The highest BCUT2D eigenvalue weighted by Crippen LogP contribution is 2.35. The highest BCUT2D eigenvalue weighted by molar-refractivity contribution is 6.30. The maximum Gasteiger partial charge on any atom is 0.228 e. The van der Waals surface area contributed by atoms with Crippen LogP contribution in [-0.2, 0) is 11.3 Å². The number of carbonyl (C=O) groups excluding carboxylic acids is 1. The van der Waals surface area contributed by atoms with Crippen molar-refractivity contribution in [1.29, 1.82) is 0 Å². The standard InChI is InChI=1S/C27H36ClFN4O/c1-19-16-31(12-11-30-19)17-20-5-7-21(8-6-20)25-18-32(26(34)27(2,3)4)13-14-33(25)24-10-9-22(28)15-23(24)29/h5-10,15,19,25,30H,11-14,16-18H2,1-4H3/t19-,25-/m0/s1. The summed E-state index contributed by atoms with van der Waals surface area (Å²) in [6, 6.07) is 13.8. The molecular weight excluding hydrogens is 451 g/mol. The van der Waals surface area contributed by atoms with Gasteiger partial charge in [0.05, 0.1) is 11.7 Å². The zero-order chi connectivity index (χ0) is 24.5. The Morgan fingerprint density at radius 1 is 1.09 bits per heavy atom. The zero-order valence-corrected chi connectivity index (χ0v) is 21.4. The summed E-state index contributed by atoms with van der Waals surface area (Å²) in [4.78, 5) is 19.5. The molecule has 5 nitrogen and oxygen atoms in total. The van der Waals surface area contributed by atoms with Crippen LogP contribution in [0.2, 0.25) is 5.02 Å². The molecule has 4 rings (SSSR count). The van der Waals surface area contributed by atoms with Crippen LogP contribution < -0.4 is 10.2 Å². The van der Waals surface area contributed by atoms with Gasteiger partial charge in [0.15, 0.2) is 0 Å². The first kappa shape index (κ1) is 25.0. The van der Waals surface area contributed by atoms with Gasteiger partial charge in [0.1, 0.15) is 5.82 Å². The normalized spacial score (nSPS) is 22.2. The molecule has 1 amide bonds. The van der Waals surface area contributed by atoms with Crippen LogP contribution in [0.4, 0.5) is 10.1 Å². The topological polar surface area (TPSA) is 38.8 Å². The van der Waals surface area contributed by atoms with Gasteiger partial charge in [-0.3, -0.25) is 9.69 Å². The van der Waals surface area contributed by atoms with E-state index in [1.807, 2.05) is 25.7 Å². The van der Waals surface area contributed by atoms with E-state index < -0.39 is 5.41 Å². The van der Waals surface area contributed by atoms with Crippen LogP contribution in [0, 0.1) is 11.2 Å². The largest absolute Gasteiger partial charge is 0.359 e. The van der Waals surface area contributed by atoms with E-state index >= 15 is 0 Å². The van der Waals surface area contributed by atoms with Gasteiger partial charge in [-0.15, -0.1) is 0 Å². The van der Waals surface area contributed by atoms with Gasteiger partial charge < -0.3 is 15.1 Å². The fourth-order valence-corrected chi connectivity index (χ4v) is 5.15. The van der Waals surface area contributed by atoms with E-state index in [9.17, 15) is 9.18 Å². The molecule has 7 heteroatoms. The first-order chi connectivity index (χ1) is 16.1. The van der Waals surface area contributed by atoms with Crippen LogP contribution >= 0.6 is 11.6 Å². The lowest BCUT2D eigenvalue weighted by molar-refractivity contribution is -0.140. The Kier molecular flexibility index (Phi) is 7.51. The summed E-state index contributed by atoms with van der Waals surface area (Å²) < 4.78 is 14.9. The van der Waals surface area contributed by atoms with E-state index in [0.29, 0.717) is 36.4 Å². The Balaban J connectivity index is 1.58. The summed E-state index contributed by atoms with van der Waals surface area (Å²) in [7, 11) is 0. The molecule has 2 aliphatic heterocycles. The third-order valence-electron chi connectivity index (χ3n) is 6.75. The number of amides is 1. The Labute approximate surface area is 207 Å². The summed E-state index contributed by atoms with van der Waals surface area (Å²) in [5.41, 5.74) is 2.41. The van der Waals surface area contributed by atoms with E-state index in [4.69, 9.17) is 11.6 Å². The Hall–Kier alpha value is -2.15. The first-order valence-electron chi connectivity index (χ1n) is 12.2. The van der Waals surface area contributed by atoms with E-state index in [0.717, 1.165) is 31.7 Å². The number of piperazine rings is 2. The lowest BCUT2D eigenvalue weighted by atomic mass is 9.92. The van der Waals surface area contributed by atoms with Crippen LogP contribution in [0.15, 0.2) is 42.5 Å². The number of halogens is 2. The van der Waals surface area contributed by atoms with Crippen molar-refractivity contribution in [2.24, 2.45) is 5.41 Å². The third-order valence-corrected chi connectivity index (χ3v) is 6.99. The number of carbonyl (C=O) groups is 1. The first-order valence-corrected chi connectivity index (χ1v) is 12.6. The van der Waals surface area contributed by atoms with Crippen molar-refractivity contribution >= 4 is 23.2 Å². The molecule has 2 aromatic carbocycles. The molecule has 2 saturated heterocycles. The summed E-state index contributed by atoms with van der Waals surface area (Å²) in [5, 5.41) is 3.86. The minimum absolute atomic E-state index is 0.123. The highest BCUT2D eigenvalue weighted by atomic mass is 35.5. The van der Waals surface area contributed by atoms with E-state index in [2.05, 4.69) is 46.3 Å². The number of hydrogen-bond donors (Lipinski definition) is 1. The molecule has 34 heavy (non-hydrogen) atoms. The van der Waals surface area contributed by atoms with Crippen molar-refractivity contribution in [3.63, 3.8) is 0 Å². The number of anilines is 1. The monoisotopic (exact) mass is 486 g/mol. The average molecular weight is 487 g/mol. The van der Waals surface area contributed by atoms with Crippen LogP contribution in [0.3, 0.4) is 0 Å². The van der Waals surface area contributed by atoms with Crippen molar-refractivity contribution in [2.45, 2.75) is 46.3 Å². The average Bonchev–Trinajstić information content (AvgIpc) is 2.78. The smallest absolute Gasteiger partial charge is 0.228 e. The molecule has 2 aliphatic rings. The second-order valence-electron chi connectivity index (χ2n) is 10.6. The van der Waals surface area contributed by atoms with Gasteiger partial charge in [0, 0.05) is 62.3 Å². The van der Waals surface area contributed by atoms with Crippen LogP contribution in [0.1, 0.15) is 44.9 Å². The van der Waals surface area contributed by atoms with Gasteiger partial charge in [-0.1, -0.05) is 56.6 Å². The van der Waals surface area contributed by atoms with Gasteiger partial charge >= 0.3 is 0 Å². The maximum atomic E-state index is 14.9. The Morgan fingerprint density at radius 3 is 2.47 bits per heavy atom. The molecule has 0 aromatic heterocycles. The van der Waals surface area contributed by atoms with Crippen molar-refractivity contribution in [1.82, 2.24) is 15.1 Å². The molecule has 0 saturated carbocycles. The van der Waals surface area contributed by atoms with Crippen molar-refractivity contribution in [3.8, 4) is 0 Å². The SMILES string of the molecule is C[C@H]1CN(Cc2ccc([C@@H]3CN(C(=O)C(C)(C)C)CCN3c3ccc(Cl)cc3F)cc2)CCN1. The molecule has 0 unspecified atom stereocenters. The van der Waals surface area contributed by atoms with Gasteiger partial charge in [-0.2, -0.15) is 0 Å². The second kappa shape index (κ2) is 10.2. The highest BCUT2D eigenvalue weighted by Gasteiger charge is 2.35. The third kappa shape index (κ3) is 5.73. The molecular formula is C27H36ClFN4O. The second-order valence-corrected chi connectivity index (χ2v) is 11.1. The Bertz CT molecular complexity index is 1010. The predicted octanol–water partition coefficient (Wildman–Crippen LogP) is 4.71. The minimum atomic E-state index is -0.456. The summed E-state index contributed by atoms with van der Waals surface area (Å²) in [6.07, 6.45) is 0. The number of benzene rings is 2. The molecule has 2 aromatic rings. The molecule has 1 N–H and O–H groups in total. The van der Waals surface area contributed by atoms with Crippen molar-refractivity contribution in [3.05, 3.63) is 64.4 Å². The maximum absolute atomic E-state index is 14.9. The van der Waals surface area contributed by atoms with Gasteiger partial charge in [0.25, 0.3) is 0 Å². The van der Waals surface area contributed by atoms with Crippen LogP contribution in [0.5, 0.6) is 0 Å². The lowest BCUT2D eigenvalue weighted by Crippen LogP contribution is -2.53. The summed E-state index contributed by atoms with van der Waals surface area (Å²) >= 11 is 6.01. The number of hydrogen-bond acceptors (Lipinski definition) is 4. The molecule has 0 aliphatic carbocycles. The molecule has 0 bridgehead atoms. The number of nitrogens with one attached hydrogen (secondary N) is 1. The molecule has 2 atom stereocenters. The van der Waals surface area contributed by atoms with Gasteiger partial charge in [-0.25, -0.2) is 4.39 Å². The van der Waals surface area contributed by atoms with Gasteiger partial charge in [-0.05, 0) is 36.2 Å². The Morgan fingerprint density at radius 2 is 1.82 bits per heavy atom. The number of rotatable bonds is 4. The quantitative estimate of drug-likeness (QED) is 0.679. The molecule has 2 heterocycles. The van der Waals surface area contributed by atoms with Crippen molar-refractivity contribution in [2.75, 3.05) is 44.2 Å².